The second-order valence-electron chi connectivity index (χ2n) is 3.26. The molecule has 3 N–H and O–H groups in total. The van der Waals surface area contributed by atoms with Gasteiger partial charge in [0.2, 0.25) is 0 Å². The molecule has 0 atom stereocenters. The molecular weight excluding hydrogens is 254 g/mol. The number of benzene rings is 1. The second-order valence-corrected chi connectivity index (χ2v) is 3.26. The zero-order valence-electron chi connectivity index (χ0n) is 9.66. The molecule has 0 aliphatic carbocycles. The van der Waals surface area contributed by atoms with Crippen molar-refractivity contribution in [3.63, 3.8) is 0 Å². The van der Waals surface area contributed by atoms with Crippen molar-refractivity contribution < 1.29 is 24.2 Å². The Balaban J connectivity index is 2.72. The molecule has 1 aromatic rings. The minimum Gasteiger partial charge on any atom is -0.546 e. The summed E-state index contributed by atoms with van der Waals surface area (Å²) in [5.74, 6) is -3.36. The molecule has 0 saturated carbocycles. The van der Waals surface area contributed by atoms with E-state index in [4.69, 9.17) is 10.5 Å². The number of nitrogens with one attached hydrogen (secondary N) is 1. The zero-order chi connectivity index (χ0) is 14.3. The summed E-state index contributed by atoms with van der Waals surface area (Å²) < 4.78 is 4.95. The van der Waals surface area contributed by atoms with Crippen molar-refractivity contribution in [2.45, 2.75) is 0 Å². The summed E-state index contributed by atoms with van der Waals surface area (Å²) in [6.07, 6.45) is 1.19. The first-order valence-electron chi connectivity index (χ1n) is 5.05. The lowest BCUT2D eigenvalue weighted by Gasteiger charge is -2.08. The van der Waals surface area contributed by atoms with Crippen LogP contribution in [0.2, 0.25) is 0 Å². The molecule has 1 rings (SSSR count). The first kappa shape index (κ1) is 14.2. The number of aliphatic carboxylic acids is 1. The molecule has 0 aliphatic rings. The van der Waals surface area contributed by atoms with E-state index in [2.05, 4.69) is 5.10 Å². The molecule has 0 bridgehead atoms. The highest BCUT2D eigenvalue weighted by Crippen LogP contribution is 2.15. The number of primary amides is 1. The van der Waals surface area contributed by atoms with E-state index in [1.807, 2.05) is 5.43 Å². The van der Waals surface area contributed by atoms with Crippen molar-refractivity contribution in [3.05, 3.63) is 29.8 Å². The number of carbonyl (C=O) groups excluding carboxylic acids is 3. The number of para-hydroxylation sites is 1. The number of carboxylic acid groups (broad SMARTS) is 1. The van der Waals surface area contributed by atoms with Crippen LogP contribution in [0.1, 0.15) is 5.56 Å². The van der Waals surface area contributed by atoms with Gasteiger partial charge in [0, 0.05) is 5.56 Å². The van der Waals surface area contributed by atoms with Crippen LogP contribution in [0.4, 0.5) is 0 Å². The molecule has 0 saturated heterocycles. The Hall–Kier alpha value is -2.90. The minimum absolute atomic E-state index is 0.240. The van der Waals surface area contributed by atoms with Gasteiger partial charge in [-0.1, -0.05) is 12.1 Å². The number of hydrazone groups is 1. The molecule has 0 unspecified atom stereocenters. The van der Waals surface area contributed by atoms with Crippen LogP contribution in [0.5, 0.6) is 5.75 Å². The predicted octanol–water partition coefficient (Wildman–Crippen LogP) is -2.25. The van der Waals surface area contributed by atoms with Crippen molar-refractivity contribution in [1.82, 2.24) is 5.43 Å². The Morgan fingerprint density at radius 2 is 2.05 bits per heavy atom. The van der Waals surface area contributed by atoms with Gasteiger partial charge >= 0.3 is 11.8 Å². The Kier molecular flexibility index (Phi) is 5.03. The lowest BCUT2D eigenvalue weighted by atomic mass is 10.2. The number of ether oxygens (including phenoxy) is 1. The van der Waals surface area contributed by atoms with Crippen LogP contribution in [-0.4, -0.2) is 30.6 Å². The highest BCUT2D eigenvalue weighted by Gasteiger charge is 2.06. The average Bonchev–Trinajstić information content (AvgIpc) is 2.37. The second kappa shape index (κ2) is 6.74. The summed E-state index contributed by atoms with van der Waals surface area (Å²) in [5.41, 5.74) is 7.01. The van der Waals surface area contributed by atoms with Crippen LogP contribution in [0.25, 0.3) is 0 Å². The predicted molar refractivity (Wildman–Crippen MR) is 61.9 cm³/mol. The summed E-state index contributed by atoms with van der Waals surface area (Å²) in [4.78, 5) is 31.5. The maximum Gasteiger partial charge on any atom is 0.329 e. The molecule has 2 amide bonds. The first-order valence-corrected chi connectivity index (χ1v) is 5.05. The van der Waals surface area contributed by atoms with Crippen LogP contribution in [0, 0.1) is 0 Å². The van der Waals surface area contributed by atoms with E-state index >= 15 is 0 Å². The Morgan fingerprint density at radius 3 is 2.68 bits per heavy atom. The summed E-state index contributed by atoms with van der Waals surface area (Å²) >= 11 is 0. The van der Waals surface area contributed by atoms with Crippen molar-refractivity contribution in [2.24, 2.45) is 10.8 Å². The fourth-order valence-corrected chi connectivity index (χ4v) is 1.07. The summed E-state index contributed by atoms with van der Waals surface area (Å²) in [6, 6.07) is 6.37. The summed E-state index contributed by atoms with van der Waals surface area (Å²) in [6.45, 7) is -0.613. The topological polar surface area (TPSA) is 134 Å². The molecule has 0 spiro atoms. The van der Waals surface area contributed by atoms with E-state index in [9.17, 15) is 19.5 Å². The normalized spacial score (nSPS) is 10.1. The number of amides is 2. The summed E-state index contributed by atoms with van der Waals surface area (Å²) in [5, 5.41) is 13.8. The monoisotopic (exact) mass is 264 g/mol. The van der Waals surface area contributed by atoms with Crippen molar-refractivity contribution >= 4 is 24.0 Å². The van der Waals surface area contributed by atoms with Gasteiger partial charge in [-0.05, 0) is 12.1 Å². The van der Waals surface area contributed by atoms with Gasteiger partial charge in [0.05, 0.1) is 12.2 Å². The van der Waals surface area contributed by atoms with Crippen molar-refractivity contribution in [1.29, 1.82) is 0 Å². The van der Waals surface area contributed by atoms with E-state index in [1.165, 1.54) is 12.3 Å². The molecule has 0 fully saturated rings. The molecule has 100 valence electrons. The third kappa shape index (κ3) is 4.86. The number of nitrogens with two attached hydrogens (primary N) is 1. The van der Waals surface area contributed by atoms with Crippen LogP contribution in [0.15, 0.2) is 29.4 Å². The SMILES string of the molecule is NC(=O)C(=O)N/N=C\c1ccccc1OCC(=O)[O-]. The number of hydrogen-bond donors (Lipinski definition) is 2. The zero-order valence-corrected chi connectivity index (χ0v) is 9.66. The minimum atomic E-state index is -1.37. The fourth-order valence-electron chi connectivity index (χ4n) is 1.07. The van der Waals surface area contributed by atoms with Gasteiger partial charge in [-0.2, -0.15) is 5.10 Å². The van der Waals surface area contributed by atoms with Gasteiger partial charge in [0.15, 0.2) is 0 Å². The first-order chi connectivity index (χ1) is 9.00. The standard InChI is InChI=1S/C11H11N3O5/c12-10(17)11(18)14-13-5-7-3-1-2-4-8(7)19-6-9(15)16/h1-5H,6H2,(H2,12,17)(H,14,18)(H,15,16)/p-1/b13-5-. The maximum absolute atomic E-state index is 10.8. The van der Waals surface area contributed by atoms with E-state index in [1.54, 1.807) is 18.2 Å². The molecule has 19 heavy (non-hydrogen) atoms. The lowest BCUT2D eigenvalue weighted by molar-refractivity contribution is -0.307. The van der Waals surface area contributed by atoms with Gasteiger partial charge in [-0.15, -0.1) is 0 Å². The third-order valence-corrected chi connectivity index (χ3v) is 1.86. The molecule has 0 heterocycles. The molecule has 0 aliphatic heterocycles. The molecule has 8 heteroatoms. The van der Waals surface area contributed by atoms with Crippen LogP contribution in [-0.2, 0) is 14.4 Å². The van der Waals surface area contributed by atoms with Gasteiger partial charge in [-0.25, -0.2) is 5.43 Å². The number of carboxylic acids is 1. The number of hydrogen-bond acceptors (Lipinski definition) is 6. The fraction of sp³-hybridized carbons (Fsp3) is 0.0909. The van der Waals surface area contributed by atoms with Crippen LogP contribution < -0.4 is 21.0 Å². The van der Waals surface area contributed by atoms with Crippen molar-refractivity contribution in [2.75, 3.05) is 6.61 Å². The number of nitrogens with zero attached hydrogens (tertiary/aromatic N) is 1. The van der Waals surface area contributed by atoms with Gasteiger partial charge in [0.25, 0.3) is 0 Å². The Bertz CT molecular complexity index is 527. The molecule has 1 aromatic carbocycles. The van der Waals surface area contributed by atoms with E-state index in [-0.39, 0.29) is 5.75 Å². The van der Waals surface area contributed by atoms with Crippen molar-refractivity contribution in [3.8, 4) is 5.75 Å². The quantitative estimate of drug-likeness (QED) is 0.352. The van der Waals surface area contributed by atoms with Gasteiger partial charge in [-0.3, -0.25) is 9.59 Å². The van der Waals surface area contributed by atoms with Crippen LogP contribution in [0.3, 0.4) is 0 Å². The highest BCUT2D eigenvalue weighted by molar-refractivity contribution is 6.34. The molecular formula is C11H10N3O5-. The molecule has 8 nitrogen and oxygen atoms in total. The third-order valence-electron chi connectivity index (χ3n) is 1.86. The number of carbonyl (C=O) groups is 3. The van der Waals surface area contributed by atoms with Crippen LogP contribution >= 0.6 is 0 Å². The van der Waals surface area contributed by atoms with Gasteiger partial charge in [0.1, 0.15) is 12.4 Å². The largest absolute Gasteiger partial charge is 0.546 e. The Labute approximate surface area is 107 Å². The average molecular weight is 264 g/mol. The lowest BCUT2D eigenvalue weighted by Crippen LogP contribution is -2.32. The molecule has 0 aromatic heterocycles. The van der Waals surface area contributed by atoms with E-state index < -0.39 is 24.4 Å². The maximum atomic E-state index is 10.8. The summed E-state index contributed by atoms with van der Waals surface area (Å²) in [7, 11) is 0. The highest BCUT2D eigenvalue weighted by atomic mass is 16.5. The van der Waals surface area contributed by atoms with E-state index in [0.717, 1.165) is 0 Å². The van der Waals surface area contributed by atoms with E-state index in [0.29, 0.717) is 5.56 Å². The smallest absolute Gasteiger partial charge is 0.329 e. The molecule has 0 radical (unpaired) electrons. The Morgan fingerprint density at radius 1 is 1.37 bits per heavy atom. The van der Waals surface area contributed by atoms with Gasteiger partial charge < -0.3 is 20.4 Å². The number of rotatable bonds is 5.